The number of esters is 1. The first-order valence-electron chi connectivity index (χ1n) is 14.1. The van der Waals surface area contributed by atoms with E-state index in [0.29, 0.717) is 5.56 Å². The molecule has 0 aliphatic carbocycles. The molecule has 0 aromatic heterocycles. The van der Waals surface area contributed by atoms with E-state index in [0.717, 1.165) is 5.56 Å². The molecule has 12 unspecified atom stereocenters. The van der Waals surface area contributed by atoms with E-state index in [1.54, 1.807) is 38.1 Å². The first kappa shape index (κ1) is 27.7. The van der Waals surface area contributed by atoms with Crippen molar-refractivity contribution < 1.29 is 43.1 Å². The Kier molecular flexibility index (Phi) is 7.17. The predicted octanol–water partition coefficient (Wildman–Crippen LogP) is 2.65. The van der Waals surface area contributed by atoms with E-state index in [1.807, 2.05) is 41.3 Å². The minimum atomic E-state index is -1.08. The molecule has 1 N–H and O–H groups in total. The zero-order valence-electron chi connectivity index (χ0n) is 23.0. The number of fused-ring (bicyclic) bond motifs is 4. The molecule has 5 saturated heterocycles. The van der Waals surface area contributed by atoms with Crippen molar-refractivity contribution in [1.82, 2.24) is 4.90 Å². The number of hydrogen-bond donors (Lipinski definition) is 1. The SMILES string of the molecule is CC1(C)OC2OC(C(O)CN3C4C(OC(=O)c5ccccc5)OC5COC(c6ccccc6)OC5C43)C(N=[N+]=[N-])C2O1. The van der Waals surface area contributed by atoms with Crippen LogP contribution < -0.4 is 0 Å². The van der Waals surface area contributed by atoms with E-state index >= 15 is 0 Å². The third kappa shape index (κ3) is 5.06. The van der Waals surface area contributed by atoms with Crippen LogP contribution in [0.1, 0.15) is 36.1 Å². The highest BCUT2D eigenvalue weighted by Crippen LogP contribution is 2.47. The highest BCUT2D eigenvalue weighted by molar-refractivity contribution is 5.89. The Morgan fingerprint density at radius 1 is 1.07 bits per heavy atom. The third-order valence-electron chi connectivity index (χ3n) is 8.33. The second kappa shape index (κ2) is 10.9. The average Bonchev–Trinajstić information content (AvgIpc) is 3.50. The summed E-state index contributed by atoms with van der Waals surface area (Å²) in [5.41, 5.74) is 10.5. The van der Waals surface area contributed by atoms with Crippen LogP contribution in [0.15, 0.2) is 65.8 Å². The van der Waals surface area contributed by atoms with Crippen LogP contribution in [-0.2, 0) is 33.2 Å². The number of carbonyl (C=O) groups is 1. The van der Waals surface area contributed by atoms with Crippen LogP contribution in [0.25, 0.3) is 10.4 Å². The van der Waals surface area contributed by atoms with Gasteiger partial charge in [0.05, 0.1) is 42.5 Å². The molecule has 0 radical (unpaired) electrons. The maximum Gasteiger partial charge on any atom is 0.340 e. The molecule has 5 fully saturated rings. The number of benzene rings is 2. The molecule has 0 amide bonds. The van der Waals surface area contributed by atoms with Gasteiger partial charge in [-0.2, -0.15) is 0 Å². The summed E-state index contributed by atoms with van der Waals surface area (Å²) in [6, 6.07) is 16.9. The zero-order valence-corrected chi connectivity index (χ0v) is 23.0. The lowest BCUT2D eigenvalue weighted by molar-refractivity contribution is -0.300. The average molecular weight is 581 g/mol. The van der Waals surface area contributed by atoms with Gasteiger partial charge in [0, 0.05) is 17.0 Å². The first-order chi connectivity index (χ1) is 20.3. The quantitative estimate of drug-likeness (QED) is 0.170. The lowest BCUT2D eigenvalue weighted by Crippen LogP contribution is -2.53. The standard InChI is InChI=1S/C29H32N4O9/c1-29(2)41-24-19(31-32-30)22(38-28(24)42-29)17(34)13-33-20-21(33)27(40-25(35)15-9-5-3-6-10-15)37-18-14-36-26(39-23(18)20)16-11-7-4-8-12-16/h3-12,17-24,26-28,34H,13-14H2,1-2H3. The maximum atomic E-state index is 13.0. The summed E-state index contributed by atoms with van der Waals surface area (Å²) in [6.45, 7) is 3.85. The third-order valence-corrected chi connectivity index (χ3v) is 8.33. The van der Waals surface area contributed by atoms with Crippen molar-refractivity contribution >= 4 is 5.97 Å². The van der Waals surface area contributed by atoms with Crippen molar-refractivity contribution in [3.05, 3.63) is 82.2 Å². The van der Waals surface area contributed by atoms with Crippen LogP contribution in [0, 0.1) is 0 Å². The number of azide groups is 1. The molecule has 7 rings (SSSR count). The van der Waals surface area contributed by atoms with Crippen LogP contribution >= 0.6 is 0 Å². The van der Waals surface area contributed by atoms with Gasteiger partial charge in [0.1, 0.15) is 18.3 Å². The highest BCUT2D eigenvalue weighted by Gasteiger charge is 2.66. The first-order valence-corrected chi connectivity index (χ1v) is 14.1. The molecule has 13 nitrogen and oxygen atoms in total. The molecule has 2 aromatic carbocycles. The normalized spacial score (nSPS) is 40.1. The second-order valence-electron chi connectivity index (χ2n) is 11.5. The molecule has 5 aliphatic heterocycles. The zero-order chi connectivity index (χ0) is 29.0. The fourth-order valence-corrected chi connectivity index (χ4v) is 6.45. The summed E-state index contributed by atoms with van der Waals surface area (Å²) < 4.78 is 42.2. The minimum absolute atomic E-state index is 0.118. The molecule has 5 aliphatic rings. The van der Waals surface area contributed by atoms with Crippen molar-refractivity contribution in [3.8, 4) is 0 Å². The van der Waals surface area contributed by atoms with E-state index in [-0.39, 0.29) is 25.2 Å². The molecular weight excluding hydrogens is 548 g/mol. The number of β-amino-alcohol motifs (C(OH)–C–C–N with tert-alkyl or cyclic N) is 1. The summed E-state index contributed by atoms with van der Waals surface area (Å²) in [5, 5.41) is 15.3. The second-order valence-corrected chi connectivity index (χ2v) is 11.5. The summed E-state index contributed by atoms with van der Waals surface area (Å²) in [5.74, 6) is -1.42. The molecule has 13 heteroatoms. The van der Waals surface area contributed by atoms with Gasteiger partial charge >= 0.3 is 5.97 Å². The molecule has 0 bridgehead atoms. The summed E-state index contributed by atoms with van der Waals surface area (Å²) in [4.78, 5) is 17.9. The van der Waals surface area contributed by atoms with Gasteiger partial charge in [-0.3, -0.25) is 4.90 Å². The van der Waals surface area contributed by atoms with Crippen molar-refractivity contribution in [3.63, 3.8) is 0 Å². The molecule has 222 valence electrons. The van der Waals surface area contributed by atoms with Crippen molar-refractivity contribution in [2.24, 2.45) is 5.11 Å². The van der Waals surface area contributed by atoms with E-state index < -0.39 is 67.2 Å². The van der Waals surface area contributed by atoms with Crippen molar-refractivity contribution in [2.45, 2.75) is 87.2 Å². The fourth-order valence-electron chi connectivity index (χ4n) is 6.45. The largest absolute Gasteiger partial charge is 0.430 e. The van der Waals surface area contributed by atoms with Gasteiger partial charge < -0.3 is 38.3 Å². The molecule has 2 aromatic rings. The Bertz CT molecular complexity index is 1340. The monoisotopic (exact) mass is 580 g/mol. The lowest BCUT2D eigenvalue weighted by atomic mass is 10.0. The van der Waals surface area contributed by atoms with Gasteiger partial charge in [-0.1, -0.05) is 53.6 Å². The van der Waals surface area contributed by atoms with E-state index in [4.69, 9.17) is 33.2 Å². The van der Waals surface area contributed by atoms with Gasteiger partial charge in [-0.05, 0) is 31.5 Å². The van der Waals surface area contributed by atoms with Gasteiger partial charge in [-0.15, -0.1) is 0 Å². The van der Waals surface area contributed by atoms with Crippen molar-refractivity contribution in [2.75, 3.05) is 13.2 Å². The molecule has 12 atom stereocenters. The van der Waals surface area contributed by atoms with E-state index in [9.17, 15) is 15.4 Å². The Morgan fingerprint density at radius 2 is 1.81 bits per heavy atom. The number of ether oxygens (including phenoxy) is 7. The van der Waals surface area contributed by atoms with Gasteiger partial charge in [-0.25, -0.2) is 4.79 Å². The summed E-state index contributed by atoms with van der Waals surface area (Å²) >= 11 is 0. The lowest BCUT2D eigenvalue weighted by Gasteiger charge is -2.40. The van der Waals surface area contributed by atoms with Gasteiger partial charge in [0.25, 0.3) is 0 Å². The Hall–Kier alpha value is -3.10. The number of hydrogen-bond acceptors (Lipinski definition) is 11. The number of aliphatic hydroxyl groups excluding tert-OH is 1. The molecule has 42 heavy (non-hydrogen) atoms. The Morgan fingerprint density at radius 3 is 2.55 bits per heavy atom. The number of carbonyl (C=O) groups excluding carboxylic acids is 1. The van der Waals surface area contributed by atoms with E-state index in [2.05, 4.69) is 10.0 Å². The highest BCUT2D eigenvalue weighted by atomic mass is 16.8. The van der Waals surface area contributed by atoms with Crippen LogP contribution in [0.3, 0.4) is 0 Å². The van der Waals surface area contributed by atoms with Crippen molar-refractivity contribution in [1.29, 1.82) is 0 Å². The van der Waals surface area contributed by atoms with Gasteiger partial charge in [0.2, 0.25) is 6.29 Å². The molecular formula is C29H32N4O9. The Balaban J connectivity index is 1.10. The summed E-state index contributed by atoms with van der Waals surface area (Å²) in [6.07, 6.45) is -5.78. The fraction of sp³-hybridized carbons (Fsp3) is 0.552. The number of aliphatic hydroxyl groups is 1. The number of nitrogens with zero attached hydrogens (tertiary/aromatic N) is 4. The minimum Gasteiger partial charge on any atom is -0.430 e. The summed E-state index contributed by atoms with van der Waals surface area (Å²) in [7, 11) is 0. The topological polar surface area (TPSA) is 154 Å². The Labute approximate surface area is 241 Å². The van der Waals surface area contributed by atoms with Gasteiger partial charge in [0.15, 0.2) is 18.4 Å². The smallest absolute Gasteiger partial charge is 0.340 e. The van der Waals surface area contributed by atoms with E-state index in [1.165, 1.54) is 0 Å². The maximum absolute atomic E-state index is 13.0. The predicted molar refractivity (Wildman–Crippen MR) is 142 cm³/mol. The molecule has 5 heterocycles. The van der Waals surface area contributed by atoms with Crippen LogP contribution in [0.4, 0.5) is 0 Å². The van der Waals surface area contributed by atoms with Crippen LogP contribution in [-0.4, -0.2) is 96.1 Å². The molecule has 0 saturated carbocycles. The molecule has 0 spiro atoms. The number of rotatable bonds is 7. The van der Waals surface area contributed by atoms with Crippen LogP contribution in [0.2, 0.25) is 0 Å². The van der Waals surface area contributed by atoms with Crippen LogP contribution in [0.5, 0.6) is 0 Å².